The molecule has 1 aliphatic rings. The number of aliphatic hydroxyl groups is 1. The Bertz CT molecular complexity index is 1100. The van der Waals surface area contributed by atoms with Gasteiger partial charge in [0.15, 0.2) is 0 Å². The summed E-state index contributed by atoms with van der Waals surface area (Å²) in [6, 6.07) is 19.4. The maximum Gasteiger partial charge on any atom is 0.295 e. The third kappa shape index (κ3) is 3.71. The van der Waals surface area contributed by atoms with Crippen molar-refractivity contribution in [3.63, 3.8) is 0 Å². The molecule has 29 heavy (non-hydrogen) atoms. The van der Waals surface area contributed by atoms with E-state index in [1.165, 1.54) is 17.3 Å². The summed E-state index contributed by atoms with van der Waals surface area (Å²) in [7, 11) is 0. The molecule has 2 aromatic carbocycles. The molecule has 2 heterocycles. The number of ketones is 1. The second-order valence-electron chi connectivity index (χ2n) is 6.70. The predicted molar refractivity (Wildman–Crippen MR) is 113 cm³/mol. The van der Waals surface area contributed by atoms with Gasteiger partial charge >= 0.3 is 0 Å². The van der Waals surface area contributed by atoms with E-state index in [0.29, 0.717) is 5.56 Å². The first-order valence-corrected chi connectivity index (χ1v) is 9.84. The fraction of sp³-hybridized carbons (Fsp3) is 0.0870. The second kappa shape index (κ2) is 8.01. The van der Waals surface area contributed by atoms with Crippen LogP contribution in [0.25, 0.3) is 5.76 Å². The summed E-state index contributed by atoms with van der Waals surface area (Å²) < 4.78 is 0.823. The molecule has 1 fully saturated rings. The number of aromatic nitrogens is 1. The number of likely N-dealkylation sites (tertiary alicyclic amines) is 1. The first-order chi connectivity index (χ1) is 14.1. The molecule has 1 aliphatic heterocycles. The van der Waals surface area contributed by atoms with E-state index in [1.54, 1.807) is 12.1 Å². The lowest BCUT2D eigenvalue weighted by Crippen LogP contribution is -2.29. The molecule has 0 bridgehead atoms. The third-order valence-corrected chi connectivity index (χ3v) is 5.35. The van der Waals surface area contributed by atoms with Gasteiger partial charge in [0.05, 0.1) is 11.6 Å². The van der Waals surface area contributed by atoms with Gasteiger partial charge in [0.25, 0.3) is 11.7 Å². The summed E-state index contributed by atoms with van der Waals surface area (Å²) in [5.74, 6) is -1.53. The number of rotatable bonds is 4. The molecular formula is C23H17BrN2O3. The van der Waals surface area contributed by atoms with Gasteiger partial charge < -0.3 is 10.0 Å². The van der Waals surface area contributed by atoms with Crippen molar-refractivity contribution in [3.8, 4) is 0 Å². The normalized spacial score (nSPS) is 18.2. The maximum absolute atomic E-state index is 13.0. The van der Waals surface area contributed by atoms with E-state index in [0.717, 1.165) is 15.6 Å². The zero-order chi connectivity index (χ0) is 20.4. The molecule has 144 valence electrons. The van der Waals surface area contributed by atoms with Crippen LogP contribution in [0, 0.1) is 0 Å². The number of hydrogen-bond acceptors (Lipinski definition) is 4. The number of halogens is 1. The molecule has 0 aliphatic carbocycles. The largest absolute Gasteiger partial charge is 0.507 e. The molecule has 4 rings (SSSR count). The van der Waals surface area contributed by atoms with Crippen molar-refractivity contribution < 1.29 is 14.7 Å². The van der Waals surface area contributed by atoms with Crippen molar-refractivity contribution in [2.24, 2.45) is 0 Å². The number of amides is 1. The molecule has 0 spiro atoms. The van der Waals surface area contributed by atoms with E-state index >= 15 is 0 Å². The minimum absolute atomic E-state index is 0.0789. The van der Waals surface area contributed by atoms with Crippen LogP contribution in [0.15, 0.2) is 89.2 Å². The zero-order valence-electron chi connectivity index (χ0n) is 15.3. The Hall–Kier alpha value is -3.25. The average molecular weight is 449 g/mol. The number of nitrogens with zero attached hydrogens (tertiary/aromatic N) is 2. The van der Waals surface area contributed by atoms with Crippen LogP contribution in [0.2, 0.25) is 0 Å². The van der Waals surface area contributed by atoms with Gasteiger partial charge in [0.2, 0.25) is 0 Å². The number of hydrogen-bond donors (Lipinski definition) is 1. The van der Waals surface area contributed by atoms with Gasteiger partial charge in [-0.1, -0.05) is 58.4 Å². The van der Waals surface area contributed by atoms with Crippen molar-refractivity contribution in [1.29, 1.82) is 0 Å². The Morgan fingerprint density at radius 2 is 1.72 bits per heavy atom. The lowest BCUT2D eigenvalue weighted by molar-refractivity contribution is -0.140. The fourth-order valence-electron chi connectivity index (χ4n) is 3.51. The van der Waals surface area contributed by atoms with Crippen LogP contribution in [-0.4, -0.2) is 26.7 Å². The van der Waals surface area contributed by atoms with E-state index in [9.17, 15) is 14.7 Å². The highest BCUT2D eigenvalue weighted by Gasteiger charge is 2.46. The summed E-state index contributed by atoms with van der Waals surface area (Å²) in [6.45, 7) is 0.260. The van der Waals surface area contributed by atoms with Gasteiger partial charge in [-0.25, -0.2) is 0 Å². The standard InChI is InChI=1S/C23H17BrN2O3/c24-18-8-4-7-17(13-18)20-19(21(27)16-9-11-25-12-10-16)22(28)23(29)26(20)14-15-5-2-1-3-6-15/h1-13,20,27H,14H2. The van der Waals surface area contributed by atoms with Gasteiger partial charge in [0, 0.05) is 29.0 Å². The number of Topliss-reactive ketones (excluding diaryl/α,β-unsaturated/α-hetero) is 1. The number of carbonyl (C=O) groups is 2. The highest BCUT2D eigenvalue weighted by atomic mass is 79.9. The zero-order valence-corrected chi connectivity index (χ0v) is 16.9. The van der Waals surface area contributed by atoms with Gasteiger partial charge in [0.1, 0.15) is 5.76 Å². The number of pyridine rings is 1. The molecule has 1 atom stereocenters. The monoisotopic (exact) mass is 448 g/mol. The summed E-state index contributed by atoms with van der Waals surface area (Å²) >= 11 is 3.45. The average Bonchev–Trinajstić information content (AvgIpc) is 2.99. The van der Waals surface area contributed by atoms with Crippen molar-refractivity contribution >= 4 is 33.4 Å². The molecule has 3 aromatic rings. The Kier molecular flexibility index (Phi) is 5.27. The minimum Gasteiger partial charge on any atom is -0.507 e. The Labute approximate surface area is 176 Å². The Balaban J connectivity index is 1.87. The van der Waals surface area contributed by atoms with Crippen LogP contribution < -0.4 is 0 Å². The van der Waals surface area contributed by atoms with Crippen LogP contribution in [0.4, 0.5) is 0 Å². The van der Waals surface area contributed by atoms with Crippen molar-refractivity contribution in [2.75, 3.05) is 0 Å². The smallest absolute Gasteiger partial charge is 0.295 e. The molecule has 1 saturated heterocycles. The van der Waals surface area contributed by atoms with Crippen LogP contribution in [0.3, 0.4) is 0 Å². The lowest BCUT2D eigenvalue weighted by Gasteiger charge is -2.25. The second-order valence-corrected chi connectivity index (χ2v) is 7.62. The summed E-state index contributed by atoms with van der Waals surface area (Å²) in [6.07, 6.45) is 3.06. The highest BCUT2D eigenvalue weighted by molar-refractivity contribution is 9.10. The Morgan fingerprint density at radius 3 is 2.41 bits per heavy atom. The Morgan fingerprint density at radius 1 is 1.00 bits per heavy atom. The molecule has 1 unspecified atom stereocenters. The minimum atomic E-state index is -0.694. The molecule has 1 aromatic heterocycles. The molecule has 0 saturated carbocycles. The molecular weight excluding hydrogens is 432 g/mol. The SMILES string of the molecule is O=C1C(=O)N(Cc2ccccc2)C(c2cccc(Br)c2)C1=C(O)c1ccncc1. The van der Waals surface area contributed by atoms with E-state index in [4.69, 9.17) is 0 Å². The highest BCUT2D eigenvalue weighted by Crippen LogP contribution is 2.40. The van der Waals surface area contributed by atoms with Gasteiger partial charge in [-0.05, 0) is 35.4 Å². The van der Waals surface area contributed by atoms with Gasteiger partial charge in [-0.15, -0.1) is 0 Å². The van der Waals surface area contributed by atoms with Crippen molar-refractivity contribution in [1.82, 2.24) is 9.88 Å². The summed E-state index contributed by atoms with van der Waals surface area (Å²) in [5, 5.41) is 10.9. The van der Waals surface area contributed by atoms with E-state index in [-0.39, 0.29) is 17.9 Å². The molecule has 1 N–H and O–H groups in total. The number of carbonyl (C=O) groups excluding carboxylic acids is 2. The van der Waals surface area contributed by atoms with Crippen LogP contribution in [0.5, 0.6) is 0 Å². The fourth-order valence-corrected chi connectivity index (χ4v) is 3.93. The molecule has 6 heteroatoms. The third-order valence-electron chi connectivity index (χ3n) is 4.85. The van der Waals surface area contributed by atoms with Gasteiger partial charge in [-0.2, -0.15) is 0 Å². The quantitative estimate of drug-likeness (QED) is 0.363. The van der Waals surface area contributed by atoms with Crippen molar-refractivity contribution in [2.45, 2.75) is 12.6 Å². The number of aliphatic hydroxyl groups excluding tert-OH is 1. The topological polar surface area (TPSA) is 70.5 Å². The van der Waals surface area contributed by atoms with Crippen LogP contribution in [0.1, 0.15) is 22.7 Å². The van der Waals surface area contributed by atoms with Crippen molar-refractivity contribution in [3.05, 3.63) is 106 Å². The first kappa shape index (κ1) is 19.1. The van der Waals surface area contributed by atoms with Crippen LogP contribution in [-0.2, 0) is 16.1 Å². The van der Waals surface area contributed by atoms with Gasteiger partial charge in [-0.3, -0.25) is 14.6 Å². The molecule has 0 radical (unpaired) electrons. The molecule has 5 nitrogen and oxygen atoms in total. The summed E-state index contributed by atoms with van der Waals surface area (Å²) in [4.78, 5) is 31.3. The summed E-state index contributed by atoms with van der Waals surface area (Å²) in [5.41, 5.74) is 2.16. The van der Waals surface area contributed by atoms with E-state index in [2.05, 4.69) is 20.9 Å². The maximum atomic E-state index is 13.0. The predicted octanol–water partition coefficient (Wildman–Crippen LogP) is 4.47. The van der Waals surface area contributed by atoms with Crippen LogP contribution >= 0.6 is 15.9 Å². The van der Waals surface area contributed by atoms with E-state index < -0.39 is 17.7 Å². The molecule has 1 amide bonds. The first-order valence-electron chi connectivity index (χ1n) is 9.04. The lowest BCUT2D eigenvalue weighted by atomic mass is 9.95. The van der Waals surface area contributed by atoms with E-state index in [1.807, 2.05) is 54.6 Å². The number of benzene rings is 2.